The monoisotopic (exact) mass is 296 g/mol. The van der Waals surface area contributed by atoms with Crippen LogP contribution < -0.4 is 11.5 Å². The van der Waals surface area contributed by atoms with Crippen molar-refractivity contribution in [3.63, 3.8) is 0 Å². The van der Waals surface area contributed by atoms with Crippen LogP contribution in [0.1, 0.15) is 53.5 Å². The van der Waals surface area contributed by atoms with Crippen molar-refractivity contribution in [1.82, 2.24) is 0 Å². The van der Waals surface area contributed by atoms with Gasteiger partial charge in [0.05, 0.1) is 0 Å². The van der Waals surface area contributed by atoms with Crippen molar-refractivity contribution in [3.05, 3.63) is 64.2 Å². The number of anilines is 1. The van der Waals surface area contributed by atoms with Gasteiger partial charge in [-0.15, -0.1) is 0 Å². The number of aryl methyl sites for hydroxylation is 2. The van der Waals surface area contributed by atoms with Gasteiger partial charge in [0.15, 0.2) is 0 Å². The second-order valence-electron chi connectivity index (χ2n) is 6.50. The maximum absolute atomic E-state index is 6.06. The van der Waals surface area contributed by atoms with Crippen LogP contribution in [0.25, 0.3) is 0 Å². The van der Waals surface area contributed by atoms with Crippen LogP contribution in [0, 0.1) is 13.8 Å². The van der Waals surface area contributed by atoms with Gasteiger partial charge in [-0.2, -0.15) is 0 Å². The fraction of sp³-hybridized carbons (Fsp3) is 0.400. The molecule has 2 atom stereocenters. The van der Waals surface area contributed by atoms with Gasteiger partial charge in [0.25, 0.3) is 0 Å². The predicted octanol–water partition coefficient (Wildman–Crippen LogP) is 4.29. The van der Waals surface area contributed by atoms with E-state index in [0.29, 0.717) is 18.4 Å². The Morgan fingerprint density at radius 3 is 2.32 bits per heavy atom. The molecule has 0 bridgehead atoms. The maximum atomic E-state index is 6.06. The van der Waals surface area contributed by atoms with Crippen LogP contribution >= 0.6 is 0 Å². The summed E-state index contributed by atoms with van der Waals surface area (Å²) >= 11 is 0. The molecule has 2 unspecified atom stereocenters. The fourth-order valence-electron chi connectivity index (χ4n) is 2.98. The molecule has 2 heteroatoms. The molecule has 4 N–H and O–H groups in total. The molecular formula is C20H28N2. The summed E-state index contributed by atoms with van der Waals surface area (Å²) in [6.45, 7) is 9.40. The summed E-state index contributed by atoms with van der Waals surface area (Å²) in [7, 11) is 0. The highest BCUT2D eigenvalue weighted by molar-refractivity contribution is 5.49. The Hall–Kier alpha value is -1.80. The number of nitrogen functional groups attached to an aromatic ring is 1. The molecule has 2 rings (SSSR count). The Morgan fingerprint density at radius 2 is 1.68 bits per heavy atom. The molecule has 0 fully saturated rings. The first kappa shape index (κ1) is 16.6. The molecule has 0 saturated heterocycles. The summed E-state index contributed by atoms with van der Waals surface area (Å²) in [5.74, 6) is 0.831. The lowest BCUT2D eigenvalue weighted by atomic mass is 9.85. The molecule has 2 nitrogen and oxygen atoms in total. The Labute approximate surface area is 134 Å². The van der Waals surface area contributed by atoms with Crippen molar-refractivity contribution in [3.8, 4) is 0 Å². The Balaban J connectivity index is 2.31. The third-order valence-corrected chi connectivity index (χ3v) is 4.71. The Kier molecular flexibility index (Phi) is 5.25. The second kappa shape index (κ2) is 6.97. The van der Waals surface area contributed by atoms with Crippen molar-refractivity contribution >= 4 is 5.69 Å². The zero-order chi connectivity index (χ0) is 16.3. The summed E-state index contributed by atoms with van der Waals surface area (Å²) in [6.07, 6.45) is 1.02. The zero-order valence-electron chi connectivity index (χ0n) is 14.2. The van der Waals surface area contributed by atoms with E-state index < -0.39 is 0 Å². The zero-order valence-corrected chi connectivity index (χ0v) is 14.2. The minimum Gasteiger partial charge on any atom is -0.399 e. The van der Waals surface area contributed by atoms with Crippen molar-refractivity contribution in [2.75, 3.05) is 12.3 Å². The first-order valence-electron chi connectivity index (χ1n) is 8.08. The molecule has 0 spiro atoms. The van der Waals surface area contributed by atoms with E-state index in [1.807, 2.05) is 6.92 Å². The van der Waals surface area contributed by atoms with Crippen molar-refractivity contribution in [2.24, 2.45) is 5.73 Å². The van der Waals surface area contributed by atoms with E-state index in [4.69, 9.17) is 11.5 Å². The minimum atomic E-state index is 0.394. The smallest absolute Gasteiger partial charge is 0.0346 e. The van der Waals surface area contributed by atoms with E-state index in [0.717, 1.165) is 17.7 Å². The molecule has 0 aliphatic carbocycles. The molecule has 2 aromatic carbocycles. The lowest BCUT2D eigenvalue weighted by Crippen LogP contribution is -2.13. The standard InChI is InChI=1S/C20H28N2/c1-13-6-5-7-18(16(4)12-21)19(13)10-15(3)17-9-8-14(2)20(22)11-17/h5-9,11,15-16H,10,12,21-22H2,1-4H3. The highest BCUT2D eigenvalue weighted by Gasteiger charge is 2.15. The third-order valence-electron chi connectivity index (χ3n) is 4.71. The van der Waals surface area contributed by atoms with E-state index in [2.05, 4.69) is 57.2 Å². The van der Waals surface area contributed by atoms with E-state index in [1.165, 1.54) is 22.3 Å². The highest BCUT2D eigenvalue weighted by atomic mass is 14.6. The van der Waals surface area contributed by atoms with Crippen molar-refractivity contribution in [2.45, 2.75) is 46.0 Å². The molecule has 2 aromatic rings. The average molecular weight is 296 g/mol. The predicted molar refractivity (Wildman–Crippen MR) is 96.4 cm³/mol. The summed E-state index contributed by atoms with van der Waals surface area (Å²) in [4.78, 5) is 0. The van der Waals surface area contributed by atoms with Crippen LogP contribution in [-0.4, -0.2) is 6.54 Å². The van der Waals surface area contributed by atoms with Crippen LogP contribution in [0.2, 0.25) is 0 Å². The molecule has 0 aliphatic rings. The summed E-state index contributed by atoms with van der Waals surface area (Å²) in [5, 5.41) is 0. The summed E-state index contributed by atoms with van der Waals surface area (Å²) in [5.41, 5.74) is 19.4. The summed E-state index contributed by atoms with van der Waals surface area (Å²) < 4.78 is 0. The SMILES string of the molecule is Cc1ccc(C(C)Cc2c(C)cccc2C(C)CN)cc1N. The molecule has 22 heavy (non-hydrogen) atoms. The number of rotatable bonds is 5. The molecule has 0 radical (unpaired) electrons. The lowest BCUT2D eigenvalue weighted by molar-refractivity contribution is 0.714. The summed E-state index contributed by atoms with van der Waals surface area (Å²) in [6, 6.07) is 13.0. The van der Waals surface area contributed by atoms with E-state index >= 15 is 0 Å². The highest BCUT2D eigenvalue weighted by Crippen LogP contribution is 2.29. The van der Waals surface area contributed by atoms with Gasteiger partial charge in [-0.1, -0.05) is 44.2 Å². The van der Waals surface area contributed by atoms with E-state index in [-0.39, 0.29) is 0 Å². The van der Waals surface area contributed by atoms with Gasteiger partial charge in [-0.3, -0.25) is 0 Å². The van der Waals surface area contributed by atoms with Crippen LogP contribution in [0.3, 0.4) is 0 Å². The Bertz CT molecular complexity index is 646. The molecule has 118 valence electrons. The quantitative estimate of drug-likeness (QED) is 0.808. The first-order chi connectivity index (χ1) is 10.4. The molecule has 0 heterocycles. The van der Waals surface area contributed by atoms with E-state index in [1.54, 1.807) is 0 Å². The van der Waals surface area contributed by atoms with Gasteiger partial charge in [0.2, 0.25) is 0 Å². The average Bonchev–Trinajstić information content (AvgIpc) is 2.51. The second-order valence-corrected chi connectivity index (χ2v) is 6.50. The number of hydrogen-bond acceptors (Lipinski definition) is 2. The third kappa shape index (κ3) is 3.50. The Morgan fingerprint density at radius 1 is 0.955 bits per heavy atom. The van der Waals surface area contributed by atoms with E-state index in [9.17, 15) is 0 Å². The van der Waals surface area contributed by atoms with Crippen LogP contribution in [0.4, 0.5) is 5.69 Å². The topological polar surface area (TPSA) is 52.0 Å². The molecule has 0 saturated carbocycles. The van der Waals surface area contributed by atoms with Crippen molar-refractivity contribution < 1.29 is 0 Å². The number of hydrogen-bond donors (Lipinski definition) is 2. The first-order valence-corrected chi connectivity index (χ1v) is 8.08. The van der Waals surface area contributed by atoms with Gasteiger partial charge >= 0.3 is 0 Å². The van der Waals surface area contributed by atoms with Crippen LogP contribution in [0.5, 0.6) is 0 Å². The van der Waals surface area contributed by atoms with Crippen molar-refractivity contribution in [1.29, 1.82) is 0 Å². The fourth-order valence-corrected chi connectivity index (χ4v) is 2.98. The molecule has 0 amide bonds. The van der Waals surface area contributed by atoms with Gasteiger partial charge in [0.1, 0.15) is 0 Å². The molecule has 0 aromatic heterocycles. The van der Waals surface area contributed by atoms with Gasteiger partial charge in [0, 0.05) is 5.69 Å². The number of nitrogens with two attached hydrogens (primary N) is 2. The van der Waals surface area contributed by atoms with Gasteiger partial charge in [-0.25, -0.2) is 0 Å². The van der Waals surface area contributed by atoms with Gasteiger partial charge in [-0.05, 0) is 72.5 Å². The molecular weight excluding hydrogens is 268 g/mol. The lowest BCUT2D eigenvalue weighted by Gasteiger charge is -2.21. The van der Waals surface area contributed by atoms with Crippen LogP contribution in [0.15, 0.2) is 36.4 Å². The largest absolute Gasteiger partial charge is 0.399 e. The number of benzene rings is 2. The normalized spacial score (nSPS) is 13.9. The van der Waals surface area contributed by atoms with Gasteiger partial charge < -0.3 is 11.5 Å². The van der Waals surface area contributed by atoms with Crippen LogP contribution in [-0.2, 0) is 6.42 Å². The minimum absolute atomic E-state index is 0.394. The maximum Gasteiger partial charge on any atom is 0.0346 e. The molecule has 0 aliphatic heterocycles.